The van der Waals surface area contributed by atoms with E-state index < -0.39 is 5.91 Å². The van der Waals surface area contributed by atoms with Crippen molar-refractivity contribution >= 4 is 11.7 Å². The third-order valence-corrected chi connectivity index (χ3v) is 2.09. The van der Waals surface area contributed by atoms with Gasteiger partial charge in [0.15, 0.2) is 5.78 Å². The molecule has 0 aliphatic rings. The largest absolute Gasteiger partial charge is 0.493 e. The van der Waals surface area contributed by atoms with E-state index in [0.717, 1.165) is 0 Å². The van der Waals surface area contributed by atoms with Crippen LogP contribution in [0.5, 0.6) is 5.75 Å². The topological polar surface area (TPSA) is 69.4 Å². The third kappa shape index (κ3) is 3.38. The van der Waals surface area contributed by atoms with Gasteiger partial charge >= 0.3 is 0 Å². The molecule has 0 atom stereocenters. The maximum absolute atomic E-state index is 11.8. The molecule has 86 valence electrons. The number of carbonyl (C=O) groups excluding carboxylic acids is 2. The van der Waals surface area contributed by atoms with Crippen molar-refractivity contribution in [3.8, 4) is 5.75 Å². The zero-order valence-electron chi connectivity index (χ0n) is 9.23. The average molecular weight is 221 g/mol. The van der Waals surface area contributed by atoms with Gasteiger partial charge in [-0.15, -0.1) is 0 Å². The third-order valence-electron chi connectivity index (χ3n) is 2.09. The molecule has 1 aromatic carbocycles. The Kier molecular flexibility index (Phi) is 4.51. The smallest absolute Gasteiger partial charge is 0.217 e. The van der Waals surface area contributed by atoms with Crippen molar-refractivity contribution in [2.45, 2.75) is 19.8 Å². The molecule has 0 heterocycles. The minimum absolute atomic E-state index is 0.0687. The fraction of sp³-hybridized carbons (Fsp3) is 0.333. The van der Waals surface area contributed by atoms with Crippen LogP contribution in [-0.4, -0.2) is 18.3 Å². The number of amides is 1. The lowest BCUT2D eigenvalue weighted by atomic mass is 10.1. The maximum atomic E-state index is 11.8. The van der Waals surface area contributed by atoms with E-state index in [1.165, 1.54) is 0 Å². The quantitative estimate of drug-likeness (QED) is 0.740. The van der Waals surface area contributed by atoms with Gasteiger partial charge in [-0.3, -0.25) is 9.59 Å². The number of benzene rings is 1. The van der Waals surface area contributed by atoms with Crippen LogP contribution in [0.2, 0.25) is 0 Å². The lowest BCUT2D eigenvalue weighted by Crippen LogP contribution is -2.13. The first-order chi connectivity index (χ1) is 7.65. The summed E-state index contributed by atoms with van der Waals surface area (Å²) in [5.74, 6) is -0.0374. The van der Waals surface area contributed by atoms with Gasteiger partial charge in [0.25, 0.3) is 0 Å². The lowest BCUT2D eigenvalue weighted by Gasteiger charge is -2.08. The normalized spacial score (nSPS) is 9.81. The first kappa shape index (κ1) is 12.2. The highest BCUT2D eigenvalue weighted by molar-refractivity contribution is 6.00. The summed E-state index contributed by atoms with van der Waals surface area (Å²) >= 11 is 0. The van der Waals surface area contributed by atoms with Gasteiger partial charge in [0.05, 0.1) is 12.2 Å². The molecular weight excluding hydrogens is 206 g/mol. The summed E-state index contributed by atoms with van der Waals surface area (Å²) in [4.78, 5) is 22.3. The molecule has 0 aliphatic heterocycles. The number of ether oxygens (including phenoxy) is 1. The number of Topliss-reactive ketones (excluding diaryl/α,β-unsaturated/α-hetero) is 1. The summed E-state index contributed by atoms with van der Waals surface area (Å²) in [5, 5.41) is 0. The number of rotatable bonds is 6. The molecule has 1 rings (SSSR count). The minimum atomic E-state index is -0.470. The molecule has 0 bridgehead atoms. The number of primary amides is 1. The van der Waals surface area contributed by atoms with Crippen molar-refractivity contribution in [1.29, 1.82) is 0 Å². The zero-order chi connectivity index (χ0) is 12.0. The van der Waals surface area contributed by atoms with Crippen LogP contribution in [0.1, 0.15) is 30.1 Å². The molecule has 1 amide bonds. The van der Waals surface area contributed by atoms with E-state index in [1.807, 2.05) is 6.92 Å². The highest BCUT2D eigenvalue weighted by Gasteiger charge is 2.12. The Morgan fingerprint density at radius 3 is 2.56 bits per heavy atom. The van der Waals surface area contributed by atoms with E-state index in [9.17, 15) is 9.59 Å². The second-order valence-electron chi connectivity index (χ2n) is 3.32. The van der Waals surface area contributed by atoms with Crippen LogP contribution in [0.4, 0.5) is 0 Å². The molecule has 0 spiro atoms. The fourth-order valence-electron chi connectivity index (χ4n) is 1.35. The first-order valence-corrected chi connectivity index (χ1v) is 5.18. The molecule has 0 fully saturated rings. The summed E-state index contributed by atoms with van der Waals surface area (Å²) in [6, 6.07) is 6.99. The van der Waals surface area contributed by atoms with Crippen molar-refractivity contribution in [2.75, 3.05) is 6.61 Å². The number of hydrogen-bond acceptors (Lipinski definition) is 3. The van der Waals surface area contributed by atoms with E-state index in [2.05, 4.69) is 0 Å². The minimum Gasteiger partial charge on any atom is -0.493 e. The molecule has 0 aliphatic carbocycles. The highest BCUT2D eigenvalue weighted by Crippen LogP contribution is 2.19. The number of ketones is 1. The first-order valence-electron chi connectivity index (χ1n) is 5.18. The van der Waals surface area contributed by atoms with Crippen molar-refractivity contribution in [3.05, 3.63) is 29.8 Å². The van der Waals surface area contributed by atoms with Gasteiger partial charge in [-0.2, -0.15) is 0 Å². The van der Waals surface area contributed by atoms with Gasteiger partial charge in [-0.1, -0.05) is 12.1 Å². The highest BCUT2D eigenvalue weighted by atomic mass is 16.5. The van der Waals surface area contributed by atoms with E-state index >= 15 is 0 Å². The van der Waals surface area contributed by atoms with Gasteiger partial charge in [0.2, 0.25) is 5.91 Å². The van der Waals surface area contributed by atoms with Gasteiger partial charge < -0.3 is 10.5 Å². The lowest BCUT2D eigenvalue weighted by molar-refractivity contribution is -0.118. The Bertz CT molecular complexity index is 388. The number of para-hydroxylation sites is 1. The molecule has 0 saturated carbocycles. The second-order valence-corrected chi connectivity index (χ2v) is 3.32. The molecule has 0 saturated heterocycles. The standard InChI is InChI=1S/C12H15NO3/c1-2-16-11-6-4-3-5-9(11)10(14)7-8-12(13)15/h3-6H,2,7-8H2,1H3,(H2,13,15). The van der Waals surface area contributed by atoms with Crippen LogP contribution in [0.15, 0.2) is 24.3 Å². The zero-order valence-corrected chi connectivity index (χ0v) is 9.23. The van der Waals surface area contributed by atoms with Crippen LogP contribution in [0.3, 0.4) is 0 Å². The average Bonchev–Trinajstić information content (AvgIpc) is 2.27. The van der Waals surface area contributed by atoms with Crippen molar-refractivity contribution in [3.63, 3.8) is 0 Å². The number of hydrogen-bond donors (Lipinski definition) is 1. The molecule has 1 aromatic rings. The van der Waals surface area contributed by atoms with Gasteiger partial charge in [-0.25, -0.2) is 0 Å². The molecule has 4 heteroatoms. The molecular formula is C12H15NO3. The van der Waals surface area contributed by atoms with E-state index in [4.69, 9.17) is 10.5 Å². The second kappa shape index (κ2) is 5.90. The SMILES string of the molecule is CCOc1ccccc1C(=O)CCC(N)=O. The summed E-state index contributed by atoms with van der Waals surface area (Å²) in [7, 11) is 0. The van der Waals surface area contributed by atoms with Crippen LogP contribution in [-0.2, 0) is 4.79 Å². The maximum Gasteiger partial charge on any atom is 0.217 e. The van der Waals surface area contributed by atoms with Crippen LogP contribution < -0.4 is 10.5 Å². The van der Waals surface area contributed by atoms with E-state index in [-0.39, 0.29) is 18.6 Å². The Balaban J connectivity index is 2.77. The Morgan fingerprint density at radius 2 is 1.94 bits per heavy atom. The van der Waals surface area contributed by atoms with Gasteiger partial charge in [-0.05, 0) is 19.1 Å². The van der Waals surface area contributed by atoms with Crippen molar-refractivity contribution in [2.24, 2.45) is 5.73 Å². The Morgan fingerprint density at radius 1 is 1.25 bits per heavy atom. The van der Waals surface area contributed by atoms with Crippen LogP contribution in [0.25, 0.3) is 0 Å². The van der Waals surface area contributed by atoms with E-state index in [0.29, 0.717) is 17.9 Å². The summed E-state index contributed by atoms with van der Waals surface area (Å²) < 4.78 is 5.33. The number of carbonyl (C=O) groups is 2. The van der Waals surface area contributed by atoms with E-state index in [1.54, 1.807) is 24.3 Å². The fourth-order valence-corrected chi connectivity index (χ4v) is 1.35. The Labute approximate surface area is 94.4 Å². The Hall–Kier alpha value is -1.84. The predicted octanol–water partition coefficient (Wildman–Crippen LogP) is 1.53. The number of nitrogens with two attached hydrogens (primary N) is 1. The summed E-state index contributed by atoms with van der Waals surface area (Å²) in [5.41, 5.74) is 5.50. The van der Waals surface area contributed by atoms with Gasteiger partial charge in [0, 0.05) is 12.8 Å². The molecule has 16 heavy (non-hydrogen) atoms. The van der Waals surface area contributed by atoms with Crippen LogP contribution >= 0.6 is 0 Å². The molecule has 0 unspecified atom stereocenters. The van der Waals surface area contributed by atoms with Crippen LogP contribution in [0, 0.1) is 0 Å². The van der Waals surface area contributed by atoms with Crippen molar-refractivity contribution < 1.29 is 14.3 Å². The molecule has 2 N–H and O–H groups in total. The molecule has 4 nitrogen and oxygen atoms in total. The summed E-state index contributed by atoms with van der Waals surface area (Å²) in [6.07, 6.45) is 0.193. The molecule has 0 radical (unpaired) electrons. The van der Waals surface area contributed by atoms with Crippen molar-refractivity contribution in [1.82, 2.24) is 0 Å². The predicted molar refractivity (Wildman–Crippen MR) is 60.4 cm³/mol. The summed E-state index contributed by atoms with van der Waals surface area (Å²) in [6.45, 7) is 2.35. The monoisotopic (exact) mass is 221 g/mol. The van der Waals surface area contributed by atoms with Gasteiger partial charge in [0.1, 0.15) is 5.75 Å². The molecule has 0 aromatic heterocycles.